The summed E-state index contributed by atoms with van der Waals surface area (Å²) in [6.07, 6.45) is 0. The van der Waals surface area contributed by atoms with Gasteiger partial charge < -0.3 is 18.8 Å². The lowest BCUT2D eigenvalue weighted by atomic mass is 9.76. The molecule has 0 N–H and O–H groups in total. The monoisotopic (exact) mass is 332 g/mol. The first-order valence-electron chi connectivity index (χ1n) is 7.95. The molecule has 1 saturated heterocycles. The highest BCUT2D eigenvalue weighted by molar-refractivity contribution is 6.65. The fourth-order valence-corrected chi connectivity index (χ4v) is 2.73. The van der Waals surface area contributed by atoms with Crippen LogP contribution < -0.4 is 10.2 Å². The summed E-state index contributed by atoms with van der Waals surface area (Å²) in [7, 11) is 0.946. The van der Waals surface area contributed by atoms with Gasteiger partial charge in [0.2, 0.25) is 0 Å². The van der Waals surface area contributed by atoms with Gasteiger partial charge in [0.25, 0.3) is 0 Å². The Bertz CT molecular complexity index is 744. The third kappa shape index (κ3) is 2.90. The Hall–Kier alpha value is -1.63. The molecule has 0 atom stereocenters. The molecule has 24 heavy (non-hydrogen) atoms. The number of rotatable bonds is 4. The molecule has 0 saturated carbocycles. The van der Waals surface area contributed by atoms with Crippen molar-refractivity contribution in [3.63, 3.8) is 0 Å². The van der Waals surface area contributed by atoms with E-state index in [1.807, 2.05) is 39.8 Å². The maximum atomic E-state index is 14.3. The number of methoxy groups -OCH3 is 1. The second kappa shape index (κ2) is 6.03. The largest absolute Gasteiger partial charge is 0.495 e. The van der Waals surface area contributed by atoms with Crippen molar-refractivity contribution in [2.24, 2.45) is 0 Å². The van der Waals surface area contributed by atoms with Crippen LogP contribution in [0.5, 0.6) is 5.75 Å². The van der Waals surface area contributed by atoms with Crippen LogP contribution in [0, 0.1) is 5.82 Å². The normalized spacial score (nSPS) is 19.0. The van der Waals surface area contributed by atoms with Crippen LogP contribution in [0.2, 0.25) is 0 Å². The number of hydrogen-bond donors (Lipinski definition) is 0. The number of fused-ring (bicyclic) bond motifs is 1. The van der Waals surface area contributed by atoms with E-state index in [0.717, 1.165) is 10.8 Å². The predicted molar refractivity (Wildman–Crippen MR) is 92.1 cm³/mol. The topological polar surface area (TPSA) is 36.9 Å². The fraction of sp³-hybridized carbons (Fsp3) is 0.444. The van der Waals surface area contributed by atoms with Crippen LogP contribution in [0.3, 0.4) is 0 Å². The van der Waals surface area contributed by atoms with E-state index < -0.39 is 18.3 Å². The van der Waals surface area contributed by atoms with Gasteiger partial charge in [-0.25, -0.2) is 4.39 Å². The molecule has 0 aliphatic carbocycles. The summed E-state index contributed by atoms with van der Waals surface area (Å²) in [6, 6.07) is 8.46. The van der Waals surface area contributed by atoms with Crippen molar-refractivity contribution in [2.75, 3.05) is 13.9 Å². The van der Waals surface area contributed by atoms with Gasteiger partial charge in [-0.3, -0.25) is 0 Å². The summed E-state index contributed by atoms with van der Waals surface area (Å²) in [5, 5.41) is 1.22. The van der Waals surface area contributed by atoms with Gasteiger partial charge in [0, 0.05) is 12.5 Å². The van der Waals surface area contributed by atoms with Gasteiger partial charge in [-0.1, -0.05) is 12.1 Å². The summed E-state index contributed by atoms with van der Waals surface area (Å²) in [5.74, 6) is 0.201. The molecule has 1 aliphatic heterocycles. The van der Waals surface area contributed by atoms with Crippen LogP contribution in [-0.4, -0.2) is 32.2 Å². The first kappa shape index (κ1) is 17.2. The fourth-order valence-electron chi connectivity index (χ4n) is 2.73. The zero-order valence-corrected chi connectivity index (χ0v) is 14.7. The van der Waals surface area contributed by atoms with Crippen molar-refractivity contribution in [1.29, 1.82) is 0 Å². The van der Waals surface area contributed by atoms with Gasteiger partial charge in [0.15, 0.2) is 6.79 Å². The van der Waals surface area contributed by atoms with Crippen molar-refractivity contribution < 1.29 is 23.2 Å². The Morgan fingerprint density at radius 2 is 1.71 bits per heavy atom. The highest BCUT2D eigenvalue weighted by Crippen LogP contribution is 2.37. The van der Waals surface area contributed by atoms with E-state index >= 15 is 0 Å². The van der Waals surface area contributed by atoms with Crippen molar-refractivity contribution in [3.8, 4) is 5.75 Å². The van der Waals surface area contributed by atoms with Crippen molar-refractivity contribution in [1.82, 2.24) is 0 Å². The van der Waals surface area contributed by atoms with Crippen molar-refractivity contribution in [2.45, 2.75) is 38.9 Å². The molecule has 0 aromatic heterocycles. The van der Waals surface area contributed by atoms with Crippen LogP contribution in [0.15, 0.2) is 30.3 Å². The first-order chi connectivity index (χ1) is 11.2. The highest BCUT2D eigenvalue weighted by Gasteiger charge is 2.52. The average molecular weight is 332 g/mol. The van der Waals surface area contributed by atoms with E-state index in [2.05, 4.69) is 0 Å². The molecule has 0 spiro atoms. The minimum Gasteiger partial charge on any atom is -0.468 e. The molecular weight excluding hydrogens is 310 g/mol. The van der Waals surface area contributed by atoms with E-state index in [9.17, 15) is 4.39 Å². The van der Waals surface area contributed by atoms with E-state index in [1.165, 1.54) is 13.2 Å². The lowest BCUT2D eigenvalue weighted by Crippen LogP contribution is -2.41. The lowest BCUT2D eigenvalue weighted by Gasteiger charge is -2.32. The third-order valence-corrected chi connectivity index (χ3v) is 4.80. The Morgan fingerprint density at radius 3 is 2.33 bits per heavy atom. The SMILES string of the molecule is COCOc1cc(B2OC(C)(C)C(C)(C)O2)c2cccc(F)c2c1. The van der Waals surface area contributed by atoms with Crippen LogP contribution in [0.4, 0.5) is 4.39 Å². The maximum absolute atomic E-state index is 14.3. The summed E-state index contributed by atoms with van der Waals surface area (Å²) >= 11 is 0. The molecule has 1 fully saturated rings. The molecule has 0 amide bonds. The number of halogens is 1. The van der Waals surface area contributed by atoms with Crippen LogP contribution in [0.1, 0.15) is 27.7 Å². The smallest absolute Gasteiger partial charge is 0.468 e. The van der Waals surface area contributed by atoms with Gasteiger partial charge >= 0.3 is 7.12 Å². The molecule has 0 unspecified atom stereocenters. The summed E-state index contributed by atoms with van der Waals surface area (Å²) < 4.78 is 37.0. The minimum atomic E-state index is -0.592. The van der Waals surface area contributed by atoms with E-state index in [4.69, 9.17) is 18.8 Å². The van der Waals surface area contributed by atoms with Gasteiger partial charge in [-0.05, 0) is 56.7 Å². The number of ether oxygens (including phenoxy) is 2. The van der Waals surface area contributed by atoms with E-state index in [0.29, 0.717) is 11.1 Å². The standard InChI is InChI=1S/C18H22BFO4/c1-17(2)18(3,4)24-19(23-17)15-10-12(22-11-21-5)9-14-13(15)7-6-8-16(14)20/h6-10H,11H2,1-5H3. The second-order valence-corrected chi connectivity index (χ2v) is 6.99. The quantitative estimate of drug-likeness (QED) is 0.636. The van der Waals surface area contributed by atoms with E-state index in [-0.39, 0.29) is 12.6 Å². The maximum Gasteiger partial charge on any atom is 0.495 e. The summed E-state index contributed by atoms with van der Waals surface area (Å²) in [6.45, 7) is 8.03. The van der Waals surface area contributed by atoms with Gasteiger partial charge in [-0.2, -0.15) is 0 Å². The molecule has 6 heteroatoms. The minimum absolute atomic E-state index is 0.0861. The summed E-state index contributed by atoms with van der Waals surface area (Å²) in [5.41, 5.74) is -0.196. The molecule has 1 heterocycles. The third-order valence-electron chi connectivity index (χ3n) is 4.80. The molecule has 2 aromatic carbocycles. The average Bonchev–Trinajstić information content (AvgIpc) is 2.73. The zero-order chi connectivity index (χ0) is 17.5. The van der Waals surface area contributed by atoms with Gasteiger partial charge in [0.05, 0.1) is 11.2 Å². The van der Waals surface area contributed by atoms with Gasteiger partial charge in [0.1, 0.15) is 11.6 Å². The molecule has 2 aromatic rings. The summed E-state index contributed by atoms with van der Waals surface area (Å²) in [4.78, 5) is 0. The Morgan fingerprint density at radius 1 is 1.04 bits per heavy atom. The molecule has 4 nitrogen and oxygen atoms in total. The highest BCUT2D eigenvalue weighted by atomic mass is 19.1. The lowest BCUT2D eigenvalue weighted by molar-refractivity contribution is 0.00578. The molecule has 1 aliphatic rings. The number of benzene rings is 2. The predicted octanol–water partition coefficient (Wildman–Crippen LogP) is 3.26. The van der Waals surface area contributed by atoms with Crippen molar-refractivity contribution >= 4 is 23.4 Å². The van der Waals surface area contributed by atoms with E-state index in [1.54, 1.807) is 12.1 Å². The molecule has 0 radical (unpaired) electrons. The van der Waals surface area contributed by atoms with Crippen LogP contribution >= 0.6 is 0 Å². The van der Waals surface area contributed by atoms with Gasteiger partial charge in [-0.15, -0.1) is 0 Å². The van der Waals surface area contributed by atoms with Crippen LogP contribution in [-0.2, 0) is 14.0 Å². The van der Waals surface area contributed by atoms with Crippen LogP contribution in [0.25, 0.3) is 10.8 Å². The zero-order valence-electron chi connectivity index (χ0n) is 14.7. The first-order valence-corrected chi connectivity index (χ1v) is 7.95. The Kier molecular flexibility index (Phi) is 4.32. The Labute approximate surface area is 142 Å². The second-order valence-electron chi connectivity index (χ2n) is 6.99. The molecule has 3 rings (SSSR count). The number of hydrogen-bond acceptors (Lipinski definition) is 4. The van der Waals surface area contributed by atoms with Crippen molar-refractivity contribution in [3.05, 3.63) is 36.1 Å². The molecule has 128 valence electrons. The Balaban J connectivity index is 2.11. The molecular formula is C18H22BFO4. The molecule has 0 bridgehead atoms.